The van der Waals surface area contributed by atoms with Crippen molar-refractivity contribution in [2.24, 2.45) is 0 Å². The fourth-order valence-electron chi connectivity index (χ4n) is 1.86. The number of oxazole rings is 1. The number of amides is 1. The van der Waals surface area contributed by atoms with Gasteiger partial charge in [-0.3, -0.25) is 4.79 Å². The molecule has 0 atom stereocenters. The fourth-order valence-corrected chi connectivity index (χ4v) is 2.72. The third-order valence-electron chi connectivity index (χ3n) is 2.85. The number of rotatable bonds is 3. The Kier molecular flexibility index (Phi) is 3.53. The van der Waals surface area contributed by atoms with Gasteiger partial charge in [0.1, 0.15) is 5.82 Å². The Morgan fingerprint density at radius 3 is 2.67 bits per heavy atom. The van der Waals surface area contributed by atoms with Crippen molar-refractivity contribution < 1.29 is 13.6 Å². The number of nitrogens with one attached hydrogen (secondary N) is 1. The number of carbonyl (C=O) groups excluding carboxylic acids is 1. The van der Waals surface area contributed by atoms with Crippen molar-refractivity contribution in [3.8, 4) is 10.6 Å². The third kappa shape index (κ3) is 2.85. The number of aryl methyl sites for hydroxylation is 1. The van der Waals surface area contributed by atoms with Gasteiger partial charge in [0.25, 0.3) is 5.91 Å². The number of carbonyl (C=O) groups is 1. The lowest BCUT2D eigenvalue weighted by molar-refractivity contribution is 0.102. The van der Waals surface area contributed by atoms with Crippen LogP contribution in [0.1, 0.15) is 15.4 Å². The maximum Gasteiger partial charge on any atom is 0.278 e. The Morgan fingerprint density at radius 2 is 2.00 bits per heavy atom. The van der Waals surface area contributed by atoms with Crippen molar-refractivity contribution in [1.82, 2.24) is 4.98 Å². The summed E-state index contributed by atoms with van der Waals surface area (Å²) in [6.45, 7) is 1.97. The molecule has 2 aromatic heterocycles. The number of hydrogen-bond acceptors (Lipinski definition) is 4. The molecule has 21 heavy (non-hydrogen) atoms. The first kappa shape index (κ1) is 13.5. The lowest BCUT2D eigenvalue weighted by atomic mass is 10.2. The average Bonchev–Trinajstić information content (AvgIpc) is 3.09. The lowest BCUT2D eigenvalue weighted by Crippen LogP contribution is -2.13. The minimum Gasteiger partial charge on any atom is -0.442 e. The number of nitrogens with zero attached hydrogens (tertiary/aromatic N) is 1. The normalized spacial score (nSPS) is 10.6. The molecule has 0 aliphatic heterocycles. The van der Waals surface area contributed by atoms with Crippen molar-refractivity contribution in [2.45, 2.75) is 6.92 Å². The summed E-state index contributed by atoms with van der Waals surface area (Å²) in [5.41, 5.74) is 0.707. The molecule has 0 saturated heterocycles. The molecule has 1 amide bonds. The molecule has 1 N–H and O–H groups in total. The Morgan fingerprint density at radius 1 is 1.24 bits per heavy atom. The van der Waals surface area contributed by atoms with Crippen LogP contribution in [-0.4, -0.2) is 10.9 Å². The maximum atomic E-state index is 12.8. The summed E-state index contributed by atoms with van der Waals surface area (Å²) < 4.78 is 18.2. The predicted molar refractivity (Wildman–Crippen MR) is 78.9 cm³/mol. The number of anilines is 1. The van der Waals surface area contributed by atoms with Gasteiger partial charge >= 0.3 is 0 Å². The topological polar surface area (TPSA) is 55.1 Å². The third-order valence-corrected chi connectivity index (χ3v) is 3.85. The highest BCUT2D eigenvalue weighted by Gasteiger charge is 2.19. The summed E-state index contributed by atoms with van der Waals surface area (Å²) in [5, 5.41) is 2.67. The molecule has 0 saturated carbocycles. The zero-order valence-corrected chi connectivity index (χ0v) is 11.9. The van der Waals surface area contributed by atoms with E-state index in [4.69, 9.17) is 4.42 Å². The molecule has 0 aliphatic rings. The van der Waals surface area contributed by atoms with Crippen molar-refractivity contribution >= 4 is 22.9 Å². The number of halogens is 1. The minimum absolute atomic E-state index is 0.209. The van der Waals surface area contributed by atoms with Gasteiger partial charge in [0, 0.05) is 10.6 Å². The first-order chi connectivity index (χ1) is 10.1. The lowest BCUT2D eigenvalue weighted by Gasteiger charge is -2.03. The van der Waals surface area contributed by atoms with Gasteiger partial charge < -0.3 is 9.73 Å². The molecule has 106 valence electrons. The van der Waals surface area contributed by atoms with Crippen LogP contribution < -0.4 is 5.32 Å². The van der Waals surface area contributed by atoms with Crippen LogP contribution in [0.15, 0.2) is 47.2 Å². The molecule has 4 nitrogen and oxygen atoms in total. The Balaban J connectivity index is 1.86. The van der Waals surface area contributed by atoms with E-state index in [1.54, 1.807) is 0 Å². The fraction of sp³-hybridized carbons (Fsp3) is 0.0667. The van der Waals surface area contributed by atoms with E-state index in [0.29, 0.717) is 11.4 Å². The van der Waals surface area contributed by atoms with E-state index >= 15 is 0 Å². The van der Waals surface area contributed by atoms with Gasteiger partial charge in [-0.1, -0.05) is 0 Å². The summed E-state index contributed by atoms with van der Waals surface area (Å²) in [4.78, 5) is 18.2. The summed E-state index contributed by atoms with van der Waals surface area (Å²) in [6, 6.07) is 9.37. The van der Waals surface area contributed by atoms with Gasteiger partial charge in [0.05, 0.1) is 4.88 Å². The van der Waals surface area contributed by atoms with E-state index in [2.05, 4.69) is 10.3 Å². The maximum absolute atomic E-state index is 12.8. The number of aromatic nitrogens is 1. The van der Waals surface area contributed by atoms with Crippen molar-refractivity contribution in [2.75, 3.05) is 5.32 Å². The van der Waals surface area contributed by atoms with E-state index in [1.165, 1.54) is 42.0 Å². The second-order valence-electron chi connectivity index (χ2n) is 4.40. The monoisotopic (exact) mass is 302 g/mol. The summed E-state index contributed by atoms with van der Waals surface area (Å²) in [6.07, 6.45) is 1.24. The van der Waals surface area contributed by atoms with Gasteiger partial charge in [-0.15, -0.1) is 11.3 Å². The van der Waals surface area contributed by atoms with Crippen LogP contribution in [0.25, 0.3) is 10.6 Å². The molecule has 3 rings (SSSR count). The Labute approximate surface area is 124 Å². The van der Waals surface area contributed by atoms with E-state index in [1.807, 2.05) is 19.1 Å². The SMILES string of the molecule is Cc1ccc(-c2ocnc2C(=O)Nc2ccc(F)cc2)s1. The quantitative estimate of drug-likeness (QED) is 0.792. The van der Waals surface area contributed by atoms with E-state index in [9.17, 15) is 9.18 Å². The Bertz CT molecular complexity index is 777. The highest BCUT2D eigenvalue weighted by molar-refractivity contribution is 7.15. The molecular formula is C15H11FN2O2S. The molecule has 0 radical (unpaired) electrons. The molecule has 0 spiro atoms. The molecule has 3 aromatic rings. The highest BCUT2D eigenvalue weighted by atomic mass is 32.1. The number of hydrogen-bond donors (Lipinski definition) is 1. The Hall–Kier alpha value is -2.47. The molecule has 0 unspecified atom stereocenters. The number of thiophene rings is 1. The van der Waals surface area contributed by atoms with Crippen LogP contribution in [0.4, 0.5) is 10.1 Å². The largest absolute Gasteiger partial charge is 0.442 e. The molecular weight excluding hydrogens is 291 g/mol. The second-order valence-corrected chi connectivity index (χ2v) is 5.69. The highest BCUT2D eigenvalue weighted by Crippen LogP contribution is 2.30. The minimum atomic E-state index is -0.392. The first-order valence-corrected chi connectivity index (χ1v) is 7.02. The zero-order chi connectivity index (χ0) is 14.8. The molecule has 1 aromatic carbocycles. The van der Waals surface area contributed by atoms with Crippen molar-refractivity contribution in [3.63, 3.8) is 0 Å². The molecule has 2 heterocycles. The predicted octanol–water partition coefficient (Wildman–Crippen LogP) is 4.10. The van der Waals surface area contributed by atoms with Crippen molar-refractivity contribution in [1.29, 1.82) is 0 Å². The van der Waals surface area contributed by atoms with Crippen LogP contribution in [0.5, 0.6) is 0 Å². The van der Waals surface area contributed by atoms with Crippen LogP contribution in [0, 0.1) is 12.7 Å². The van der Waals surface area contributed by atoms with Gasteiger partial charge in [0.2, 0.25) is 0 Å². The van der Waals surface area contributed by atoms with E-state index in [-0.39, 0.29) is 11.5 Å². The molecule has 0 aliphatic carbocycles. The van der Waals surface area contributed by atoms with Gasteiger partial charge in [-0.25, -0.2) is 9.37 Å². The zero-order valence-electron chi connectivity index (χ0n) is 11.1. The second kappa shape index (κ2) is 5.49. The summed E-state index contributed by atoms with van der Waals surface area (Å²) >= 11 is 1.52. The van der Waals surface area contributed by atoms with Gasteiger partial charge in [-0.2, -0.15) is 0 Å². The van der Waals surface area contributed by atoms with E-state index < -0.39 is 5.91 Å². The standard InChI is InChI=1S/C15H11FN2O2S/c1-9-2-7-12(21-9)14-13(17-8-20-14)15(19)18-11-5-3-10(16)4-6-11/h2-8H,1H3,(H,18,19). The first-order valence-electron chi connectivity index (χ1n) is 6.21. The summed E-state index contributed by atoms with van der Waals surface area (Å²) in [5.74, 6) is -0.312. The molecule has 6 heteroatoms. The smallest absolute Gasteiger partial charge is 0.278 e. The van der Waals surface area contributed by atoms with Crippen LogP contribution in [0.3, 0.4) is 0 Å². The summed E-state index contributed by atoms with van der Waals surface area (Å²) in [7, 11) is 0. The van der Waals surface area contributed by atoms with E-state index in [0.717, 1.165) is 9.75 Å². The van der Waals surface area contributed by atoms with Gasteiger partial charge in [-0.05, 0) is 43.3 Å². The average molecular weight is 302 g/mol. The molecule has 0 bridgehead atoms. The van der Waals surface area contributed by atoms with Crippen LogP contribution in [0.2, 0.25) is 0 Å². The van der Waals surface area contributed by atoms with Crippen molar-refractivity contribution in [3.05, 3.63) is 59.2 Å². The van der Waals surface area contributed by atoms with Crippen LogP contribution in [-0.2, 0) is 0 Å². The molecule has 0 fully saturated rings. The van der Waals surface area contributed by atoms with Crippen LogP contribution >= 0.6 is 11.3 Å². The number of benzene rings is 1. The van der Waals surface area contributed by atoms with Gasteiger partial charge in [0.15, 0.2) is 17.8 Å².